The molecule has 0 fully saturated rings. The van der Waals surface area contributed by atoms with Gasteiger partial charge in [-0.25, -0.2) is 8.42 Å². The summed E-state index contributed by atoms with van der Waals surface area (Å²) in [5.41, 5.74) is 1.22. The van der Waals surface area contributed by atoms with Crippen LogP contribution in [0.2, 0.25) is 0 Å². The molecule has 1 aliphatic heterocycles. The molecule has 0 saturated carbocycles. The van der Waals surface area contributed by atoms with Crippen LogP contribution in [0.3, 0.4) is 0 Å². The molecule has 0 aliphatic carbocycles. The summed E-state index contributed by atoms with van der Waals surface area (Å²) >= 11 is 0. The molecule has 0 spiro atoms. The Labute approximate surface area is 175 Å². The van der Waals surface area contributed by atoms with Crippen LogP contribution in [-0.4, -0.2) is 44.9 Å². The lowest BCUT2D eigenvalue weighted by Crippen LogP contribution is -2.36. The number of halogens is 2. The fourth-order valence-electron chi connectivity index (χ4n) is 3.67. The lowest BCUT2D eigenvalue weighted by molar-refractivity contribution is -0.0495. The number of fused-ring (bicyclic) bond motifs is 1. The predicted molar refractivity (Wildman–Crippen MR) is 110 cm³/mol. The lowest BCUT2D eigenvalue weighted by atomic mass is 10.00. The number of nitrogens with zero attached hydrogens (tertiary/aromatic N) is 2. The first kappa shape index (κ1) is 22.2. The number of ether oxygens (including phenoxy) is 1. The number of rotatable bonds is 7. The van der Waals surface area contributed by atoms with E-state index >= 15 is 0 Å². The number of hydrogen-bond donors (Lipinski definition) is 0. The average molecular weight is 438 g/mol. The maximum atomic E-state index is 13.3. The van der Waals surface area contributed by atoms with Crippen LogP contribution in [0.15, 0.2) is 47.4 Å². The highest BCUT2D eigenvalue weighted by Crippen LogP contribution is 2.38. The Kier molecular flexibility index (Phi) is 6.72. The second kappa shape index (κ2) is 9.09. The van der Waals surface area contributed by atoms with Crippen molar-refractivity contribution in [2.24, 2.45) is 0 Å². The highest BCUT2D eigenvalue weighted by atomic mass is 32.2. The van der Waals surface area contributed by atoms with Gasteiger partial charge in [0.25, 0.3) is 5.91 Å². The molecule has 1 heterocycles. The third-order valence-corrected chi connectivity index (χ3v) is 7.11. The van der Waals surface area contributed by atoms with Crippen LogP contribution in [0.4, 0.5) is 14.5 Å². The predicted octanol–water partition coefficient (Wildman–Crippen LogP) is 3.91. The van der Waals surface area contributed by atoms with Gasteiger partial charge in [-0.1, -0.05) is 32.0 Å². The molecule has 2 aromatic carbocycles. The SMILES string of the molecule is CCN(CC)S(=O)(=O)c1cccc(C(=O)N2CCCc3cccc(OC(F)F)c32)c1. The van der Waals surface area contributed by atoms with Crippen molar-refractivity contribution in [1.82, 2.24) is 4.31 Å². The number of alkyl halides is 2. The Morgan fingerprint density at radius 3 is 2.53 bits per heavy atom. The zero-order chi connectivity index (χ0) is 21.9. The molecule has 9 heteroatoms. The largest absolute Gasteiger partial charge is 0.433 e. The Morgan fingerprint density at radius 2 is 1.87 bits per heavy atom. The van der Waals surface area contributed by atoms with Gasteiger partial charge in [0, 0.05) is 25.2 Å². The minimum atomic E-state index is -3.73. The second-order valence-electron chi connectivity index (χ2n) is 6.82. The topological polar surface area (TPSA) is 66.9 Å². The third kappa shape index (κ3) is 4.32. The zero-order valence-electron chi connectivity index (χ0n) is 16.8. The van der Waals surface area contributed by atoms with Gasteiger partial charge in [0.2, 0.25) is 10.0 Å². The monoisotopic (exact) mass is 438 g/mol. The van der Waals surface area contributed by atoms with Crippen LogP contribution < -0.4 is 9.64 Å². The molecule has 1 amide bonds. The van der Waals surface area contributed by atoms with Crippen LogP contribution >= 0.6 is 0 Å². The standard InChI is InChI=1S/C21H24F2N2O4S/c1-3-24(4-2)30(27,28)17-11-5-9-16(14-17)20(26)25-13-7-10-15-8-6-12-18(19(15)25)29-21(22)23/h5-6,8-9,11-12,14,21H,3-4,7,10,13H2,1-2H3. The molecule has 0 atom stereocenters. The van der Waals surface area contributed by atoms with Crippen molar-refractivity contribution in [2.45, 2.75) is 38.2 Å². The minimum Gasteiger partial charge on any atom is -0.433 e. The highest BCUT2D eigenvalue weighted by Gasteiger charge is 2.29. The van der Waals surface area contributed by atoms with Crippen LogP contribution in [0.25, 0.3) is 0 Å². The normalized spacial score (nSPS) is 14.1. The first-order valence-electron chi connectivity index (χ1n) is 9.78. The van der Waals surface area contributed by atoms with Gasteiger partial charge in [0.05, 0.1) is 10.6 Å². The van der Waals surface area contributed by atoms with Gasteiger partial charge in [-0.15, -0.1) is 0 Å². The van der Waals surface area contributed by atoms with Crippen LogP contribution in [0, 0.1) is 0 Å². The quantitative estimate of drug-likeness (QED) is 0.657. The van der Waals surface area contributed by atoms with Crippen molar-refractivity contribution in [2.75, 3.05) is 24.5 Å². The molecule has 0 saturated heterocycles. The number of sulfonamides is 1. The molecule has 0 unspecified atom stereocenters. The van der Waals surface area contributed by atoms with Gasteiger partial charge >= 0.3 is 6.61 Å². The number of anilines is 1. The summed E-state index contributed by atoms with van der Waals surface area (Å²) in [5.74, 6) is -0.527. The van der Waals surface area contributed by atoms with E-state index in [2.05, 4.69) is 4.74 Å². The summed E-state index contributed by atoms with van der Waals surface area (Å²) < 4.78 is 57.3. The fraction of sp³-hybridized carbons (Fsp3) is 0.381. The summed E-state index contributed by atoms with van der Waals surface area (Å²) in [5, 5.41) is 0. The van der Waals surface area contributed by atoms with Crippen molar-refractivity contribution in [3.63, 3.8) is 0 Å². The smallest absolute Gasteiger partial charge is 0.387 e. The van der Waals surface area contributed by atoms with E-state index in [1.54, 1.807) is 26.0 Å². The van der Waals surface area contributed by atoms with Gasteiger partial charge in [0.15, 0.2) is 0 Å². The molecule has 0 N–H and O–H groups in total. The van der Waals surface area contributed by atoms with E-state index in [-0.39, 0.29) is 16.2 Å². The summed E-state index contributed by atoms with van der Waals surface area (Å²) in [6.45, 7) is 1.41. The van der Waals surface area contributed by atoms with Crippen LogP contribution in [-0.2, 0) is 16.4 Å². The van der Waals surface area contributed by atoms with E-state index in [4.69, 9.17) is 0 Å². The Hall–Kier alpha value is -2.52. The van der Waals surface area contributed by atoms with Gasteiger partial charge in [-0.2, -0.15) is 13.1 Å². The zero-order valence-corrected chi connectivity index (χ0v) is 17.7. The molecule has 30 heavy (non-hydrogen) atoms. The van der Waals surface area contributed by atoms with Crippen molar-refractivity contribution in [3.05, 3.63) is 53.6 Å². The highest BCUT2D eigenvalue weighted by molar-refractivity contribution is 7.89. The van der Waals surface area contributed by atoms with E-state index in [1.807, 2.05) is 0 Å². The maximum absolute atomic E-state index is 13.3. The summed E-state index contributed by atoms with van der Waals surface area (Å²) in [6.07, 6.45) is 1.30. The van der Waals surface area contributed by atoms with Gasteiger partial charge < -0.3 is 9.64 Å². The minimum absolute atomic E-state index is 0.0198. The molecule has 6 nitrogen and oxygen atoms in total. The molecule has 1 aliphatic rings. The number of aryl methyl sites for hydroxylation is 1. The lowest BCUT2D eigenvalue weighted by Gasteiger charge is -2.31. The number of hydrogen-bond acceptors (Lipinski definition) is 4. The second-order valence-corrected chi connectivity index (χ2v) is 8.76. The summed E-state index contributed by atoms with van der Waals surface area (Å²) in [7, 11) is -3.73. The van der Waals surface area contributed by atoms with Crippen LogP contribution in [0.1, 0.15) is 36.2 Å². The van der Waals surface area contributed by atoms with E-state index in [9.17, 15) is 22.0 Å². The first-order chi connectivity index (χ1) is 14.3. The number of amides is 1. The number of carbonyl (C=O) groups is 1. The van der Waals surface area contributed by atoms with Gasteiger partial charge in [0.1, 0.15) is 5.75 Å². The maximum Gasteiger partial charge on any atom is 0.387 e. The van der Waals surface area contributed by atoms with E-state index < -0.39 is 22.5 Å². The molecule has 0 radical (unpaired) electrons. The van der Waals surface area contributed by atoms with Gasteiger partial charge in [-0.3, -0.25) is 4.79 Å². The van der Waals surface area contributed by atoms with Crippen molar-refractivity contribution in [1.29, 1.82) is 0 Å². The van der Waals surface area contributed by atoms with Crippen molar-refractivity contribution in [3.8, 4) is 5.75 Å². The van der Waals surface area contributed by atoms with Gasteiger partial charge in [-0.05, 0) is 42.7 Å². The molecule has 3 rings (SSSR count). The third-order valence-electron chi connectivity index (χ3n) is 5.07. The van der Waals surface area contributed by atoms with E-state index in [1.165, 1.54) is 39.5 Å². The molecule has 0 bridgehead atoms. The Balaban J connectivity index is 2.00. The molecular weight excluding hydrogens is 414 g/mol. The summed E-state index contributed by atoms with van der Waals surface area (Å²) in [4.78, 5) is 14.7. The number of para-hydroxylation sites is 1. The molecule has 2 aromatic rings. The molecule has 0 aromatic heterocycles. The number of benzene rings is 2. The van der Waals surface area contributed by atoms with E-state index in [0.29, 0.717) is 38.2 Å². The van der Waals surface area contributed by atoms with E-state index in [0.717, 1.165) is 5.56 Å². The average Bonchev–Trinajstić information content (AvgIpc) is 2.73. The Bertz CT molecular complexity index is 1020. The Morgan fingerprint density at radius 1 is 1.17 bits per heavy atom. The van der Waals surface area contributed by atoms with Crippen molar-refractivity contribution >= 4 is 21.6 Å². The number of carbonyl (C=O) groups excluding carboxylic acids is 1. The molecule has 162 valence electrons. The van der Waals surface area contributed by atoms with Crippen molar-refractivity contribution < 1.29 is 26.7 Å². The fourth-order valence-corrected chi connectivity index (χ4v) is 5.17. The first-order valence-corrected chi connectivity index (χ1v) is 11.2. The van der Waals surface area contributed by atoms with Crippen LogP contribution in [0.5, 0.6) is 5.75 Å². The molecular formula is C21H24F2N2O4S. The summed E-state index contributed by atoms with van der Waals surface area (Å²) in [6, 6.07) is 10.6.